The summed E-state index contributed by atoms with van der Waals surface area (Å²) in [5, 5.41) is 9.69. The van der Waals surface area contributed by atoms with Crippen molar-refractivity contribution in [1.82, 2.24) is 0 Å². The topological polar surface area (TPSA) is 82.1 Å². The summed E-state index contributed by atoms with van der Waals surface area (Å²) in [6.07, 6.45) is -1.03. The highest BCUT2D eigenvalue weighted by atomic mass is 16.6. The molecule has 23 heavy (non-hydrogen) atoms. The van der Waals surface area contributed by atoms with Crippen LogP contribution in [0.3, 0.4) is 0 Å². The number of benzene rings is 1. The van der Waals surface area contributed by atoms with Gasteiger partial charge in [-0.3, -0.25) is 0 Å². The summed E-state index contributed by atoms with van der Waals surface area (Å²) in [4.78, 5) is 22.9. The number of rotatable bonds is 7. The summed E-state index contributed by atoms with van der Waals surface area (Å²) < 4.78 is 15.2. The van der Waals surface area contributed by atoms with E-state index in [0.717, 1.165) is 5.56 Å². The molecular weight excluding hydrogens is 300 g/mol. The fraction of sp³-hybridized carbons (Fsp3) is 0.529. The summed E-state index contributed by atoms with van der Waals surface area (Å²) >= 11 is 0. The van der Waals surface area contributed by atoms with E-state index >= 15 is 0 Å². The molecule has 0 heterocycles. The smallest absolute Gasteiger partial charge is 0.344 e. The second-order valence-corrected chi connectivity index (χ2v) is 5.99. The number of carbonyl (C=O) groups excluding carboxylic acids is 2. The Balaban J connectivity index is 2.47. The van der Waals surface area contributed by atoms with Gasteiger partial charge in [0.1, 0.15) is 11.4 Å². The normalized spacial score (nSPS) is 12.4. The van der Waals surface area contributed by atoms with Crippen molar-refractivity contribution in [3.05, 3.63) is 29.8 Å². The van der Waals surface area contributed by atoms with Gasteiger partial charge in [0.25, 0.3) is 0 Å². The third kappa shape index (κ3) is 7.65. The second-order valence-electron chi connectivity index (χ2n) is 5.99. The first kappa shape index (κ1) is 19.0. The molecule has 0 spiro atoms. The lowest BCUT2D eigenvalue weighted by Crippen LogP contribution is -2.27. The predicted molar refractivity (Wildman–Crippen MR) is 84.1 cm³/mol. The van der Waals surface area contributed by atoms with E-state index in [2.05, 4.69) is 0 Å². The quantitative estimate of drug-likeness (QED) is 0.771. The molecule has 0 saturated carbocycles. The average molecular weight is 324 g/mol. The van der Waals surface area contributed by atoms with Gasteiger partial charge in [-0.05, 0) is 45.4 Å². The van der Waals surface area contributed by atoms with Crippen molar-refractivity contribution in [3.63, 3.8) is 0 Å². The predicted octanol–water partition coefficient (Wildman–Crippen LogP) is 1.87. The molecule has 0 aromatic heterocycles. The van der Waals surface area contributed by atoms with Gasteiger partial charge in [0, 0.05) is 6.42 Å². The van der Waals surface area contributed by atoms with Crippen LogP contribution in [-0.4, -0.2) is 42.0 Å². The van der Waals surface area contributed by atoms with Crippen LogP contribution in [0.4, 0.5) is 0 Å². The fourth-order valence-electron chi connectivity index (χ4n) is 1.78. The fourth-order valence-corrected chi connectivity index (χ4v) is 1.78. The molecule has 0 fully saturated rings. The molecule has 6 heteroatoms. The summed E-state index contributed by atoms with van der Waals surface area (Å²) in [5.74, 6) is -0.581. The molecular formula is C17H24O6. The monoisotopic (exact) mass is 324 g/mol. The third-order valence-electron chi connectivity index (χ3n) is 2.69. The summed E-state index contributed by atoms with van der Waals surface area (Å²) in [6.45, 7) is 7.09. The number of hydrogen-bond acceptors (Lipinski definition) is 6. The largest absolute Gasteiger partial charge is 0.482 e. The van der Waals surface area contributed by atoms with Crippen LogP contribution in [0.2, 0.25) is 0 Å². The van der Waals surface area contributed by atoms with Crippen LogP contribution in [0.1, 0.15) is 33.3 Å². The first-order chi connectivity index (χ1) is 10.7. The minimum atomic E-state index is -1.19. The Bertz CT molecular complexity index is 515. The number of esters is 2. The van der Waals surface area contributed by atoms with E-state index in [1.807, 2.05) is 0 Å². The van der Waals surface area contributed by atoms with Crippen molar-refractivity contribution >= 4 is 11.9 Å². The molecule has 1 rings (SSSR count). The molecule has 1 N–H and O–H groups in total. The van der Waals surface area contributed by atoms with Gasteiger partial charge < -0.3 is 19.3 Å². The SMILES string of the molecule is CCOC(=O)C(O)Cc1ccc(OCC(=O)OC(C)(C)C)cc1. The first-order valence-corrected chi connectivity index (χ1v) is 7.49. The number of ether oxygens (including phenoxy) is 3. The molecule has 128 valence electrons. The Labute approximate surface area is 136 Å². The van der Waals surface area contributed by atoms with Crippen molar-refractivity contribution in [2.45, 2.75) is 45.8 Å². The zero-order valence-corrected chi connectivity index (χ0v) is 14.0. The van der Waals surface area contributed by atoms with E-state index in [-0.39, 0.29) is 19.6 Å². The number of aliphatic hydroxyl groups excluding tert-OH is 1. The highest BCUT2D eigenvalue weighted by molar-refractivity contribution is 5.74. The van der Waals surface area contributed by atoms with E-state index in [0.29, 0.717) is 5.75 Å². The lowest BCUT2D eigenvalue weighted by molar-refractivity contribution is -0.157. The van der Waals surface area contributed by atoms with Gasteiger partial charge in [-0.1, -0.05) is 12.1 Å². The molecule has 0 saturated heterocycles. The maximum Gasteiger partial charge on any atom is 0.344 e. The van der Waals surface area contributed by atoms with Crippen molar-refractivity contribution in [2.75, 3.05) is 13.2 Å². The van der Waals surface area contributed by atoms with Gasteiger partial charge in [0.2, 0.25) is 0 Å². The lowest BCUT2D eigenvalue weighted by Gasteiger charge is -2.19. The highest BCUT2D eigenvalue weighted by Gasteiger charge is 2.18. The van der Waals surface area contributed by atoms with E-state index in [4.69, 9.17) is 14.2 Å². The molecule has 1 aromatic rings. The molecule has 0 aliphatic carbocycles. The van der Waals surface area contributed by atoms with Crippen LogP contribution in [0.5, 0.6) is 5.75 Å². The second kappa shape index (κ2) is 8.53. The zero-order valence-electron chi connectivity index (χ0n) is 14.0. The van der Waals surface area contributed by atoms with Gasteiger partial charge in [-0.25, -0.2) is 9.59 Å². The Morgan fingerprint density at radius 3 is 2.30 bits per heavy atom. The Morgan fingerprint density at radius 2 is 1.78 bits per heavy atom. The van der Waals surface area contributed by atoms with Crippen LogP contribution in [0.15, 0.2) is 24.3 Å². The zero-order chi connectivity index (χ0) is 17.5. The van der Waals surface area contributed by atoms with E-state index in [1.54, 1.807) is 52.0 Å². The lowest BCUT2D eigenvalue weighted by atomic mass is 10.1. The van der Waals surface area contributed by atoms with E-state index in [1.165, 1.54) is 0 Å². The van der Waals surface area contributed by atoms with Crippen LogP contribution in [-0.2, 0) is 25.5 Å². The Morgan fingerprint density at radius 1 is 1.17 bits per heavy atom. The molecule has 6 nitrogen and oxygen atoms in total. The Kier molecular flexibility index (Phi) is 7.03. The molecule has 0 amide bonds. The van der Waals surface area contributed by atoms with E-state index in [9.17, 15) is 14.7 Å². The molecule has 0 bridgehead atoms. The molecule has 1 unspecified atom stereocenters. The maximum atomic E-state index is 11.5. The standard InChI is InChI=1S/C17H24O6/c1-5-21-16(20)14(18)10-12-6-8-13(9-7-12)22-11-15(19)23-17(2,3)4/h6-9,14,18H,5,10-11H2,1-4H3. The molecule has 0 aliphatic heterocycles. The average Bonchev–Trinajstić information content (AvgIpc) is 2.45. The van der Waals surface area contributed by atoms with Gasteiger partial charge in [0.15, 0.2) is 12.7 Å². The Hall–Kier alpha value is -2.08. The molecule has 0 radical (unpaired) electrons. The van der Waals surface area contributed by atoms with Gasteiger partial charge in [0.05, 0.1) is 6.61 Å². The van der Waals surface area contributed by atoms with E-state index < -0.39 is 23.6 Å². The minimum absolute atomic E-state index is 0.158. The van der Waals surface area contributed by atoms with Crippen LogP contribution in [0, 0.1) is 0 Å². The van der Waals surface area contributed by atoms with Gasteiger partial charge in [-0.2, -0.15) is 0 Å². The minimum Gasteiger partial charge on any atom is -0.482 e. The summed E-state index contributed by atoms with van der Waals surface area (Å²) in [6, 6.07) is 6.76. The maximum absolute atomic E-state index is 11.5. The van der Waals surface area contributed by atoms with Crippen molar-refractivity contribution in [3.8, 4) is 5.75 Å². The summed E-state index contributed by atoms with van der Waals surface area (Å²) in [7, 11) is 0. The van der Waals surface area contributed by atoms with Crippen molar-refractivity contribution in [1.29, 1.82) is 0 Å². The number of aliphatic hydroxyl groups is 1. The van der Waals surface area contributed by atoms with Crippen LogP contribution in [0.25, 0.3) is 0 Å². The highest BCUT2D eigenvalue weighted by Crippen LogP contribution is 2.14. The van der Waals surface area contributed by atoms with Gasteiger partial charge >= 0.3 is 11.9 Å². The third-order valence-corrected chi connectivity index (χ3v) is 2.69. The molecule has 1 aromatic carbocycles. The first-order valence-electron chi connectivity index (χ1n) is 7.49. The molecule has 1 atom stereocenters. The number of carbonyl (C=O) groups is 2. The number of hydrogen-bond donors (Lipinski definition) is 1. The van der Waals surface area contributed by atoms with Crippen molar-refractivity contribution < 1.29 is 28.9 Å². The molecule has 0 aliphatic rings. The van der Waals surface area contributed by atoms with Crippen LogP contribution >= 0.6 is 0 Å². The van der Waals surface area contributed by atoms with Gasteiger partial charge in [-0.15, -0.1) is 0 Å². The van der Waals surface area contributed by atoms with Crippen LogP contribution < -0.4 is 4.74 Å². The van der Waals surface area contributed by atoms with Crippen molar-refractivity contribution in [2.24, 2.45) is 0 Å². The summed E-state index contributed by atoms with van der Waals surface area (Å²) in [5.41, 5.74) is 0.211.